The number of fused-ring (bicyclic) bond motifs is 5. The predicted octanol–water partition coefficient (Wildman–Crippen LogP) is 3.58. The number of Topliss-reactive ketones (excluding diaryl/α,β-unsaturated/α-hetero) is 1. The molecule has 23 heavy (non-hydrogen) atoms. The molecular weight excluding hydrogens is 288 g/mol. The summed E-state index contributed by atoms with van der Waals surface area (Å²) in [5.74, 6) is 1.47. The SMILES string of the molecule is C[C@]12CC=C3C(CCC4=CC(=O)CC[C@@]43CC=O)C1CCC2=O. The van der Waals surface area contributed by atoms with Crippen LogP contribution in [0.4, 0.5) is 0 Å². The number of rotatable bonds is 2. The Balaban J connectivity index is 1.81. The number of carbonyl (C=O) groups excluding carboxylic acids is 3. The third kappa shape index (κ3) is 1.91. The summed E-state index contributed by atoms with van der Waals surface area (Å²) in [7, 11) is 0. The third-order valence-electron chi connectivity index (χ3n) is 7.23. The standard InChI is InChI=1S/C20H24O3/c1-19-8-7-17-15(16(19)4-5-18(19)23)3-2-13-12-14(22)6-9-20(13,17)10-11-21/h7,11-12,15-16H,2-6,8-10H2,1H3/t15?,16?,19-,20+/m0/s1. The van der Waals surface area contributed by atoms with Gasteiger partial charge in [-0.05, 0) is 50.0 Å². The summed E-state index contributed by atoms with van der Waals surface area (Å²) >= 11 is 0. The highest BCUT2D eigenvalue weighted by atomic mass is 16.1. The van der Waals surface area contributed by atoms with Gasteiger partial charge in [-0.1, -0.05) is 24.1 Å². The van der Waals surface area contributed by atoms with E-state index in [4.69, 9.17) is 0 Å². The Morgan fingerprint density at radius 3 is 2.83 bits per heavy atom. The number of ketones is 2. The zero-order valence-corrected chi connectivity index (χ0v) is 13.8. The molecule has 2 fully saturated rings. The van der Waals surface area contributed by atoms with Gasteiger partial charge in [-0.2, -0.15) is 0 Å². The lowest BCUT2D eigenvalue weighted by atomic mass is 9.50. The van der Waals surface area contributed by atoms with Crippen LogP contribution in [0.3, 0.4) is 0 Å². The molecule has 4 aliphatic carbocycles. The Hall–Kier alpha value is -1.51. The molecule has 122 valence electrons. The Labute approximate surface area is 137 Å². The van der Waals surface area contributed by atoms with Gasteiger partial charge in [0.2, 0.25) is 0 Å². The van der Waals surface area contributed by atoms with Crippen LogP contribution in [0.25, 0.3) is 0 Å². The van der Waals surface area contributed by atoms with Crippen LogP contribution in [0.15, 0.2) is 23.3 Å². The van der Waals surface area contributed by atoms with Gasteiger partial charge in [0.25, 0.3) is 0 Å². The minimum atomic E-state index is -0.217. The first kappa shape index (κ1) is 15.0. The summed E-state index contributed by atoms with van der Waals surface area (Å²) in [6, 6.07) is 0. The highest BCUT2D eigenvalue weighted by Gasteiger charge is 2.56. The van der Waals surface area contributed by atoms with Crippen molar-refractivity contribution in [1.29, 1.82) is 0 Å². The van der Waals surface area contributed by atoms with Gasteiger partial charge in [0.1, 0.15) is 12.1 Å². The number of hydrogen-bond donors (Lipinski definition) is 0. The number of carbonyl (C=O) groups is 3. The minimum Gasteiger partial charge on any atom is -0.303 e. The van der Waals surface area contributed by atoms with Crippen molar-refractivity contribution in [3.05, 3.63) is 23.3 Å². The molecule has 3 nitrogen and oxygen atoms in total. The van der Waals surface area contributed by atoms with E-state index in [1.165, 1.54) is 11.1 Å². The first-order valence-electron chi connectivity index (χ1n) is 8.92. The average molecular weight is 312 g/mol. The van der Waals surface area contributed by atoms with E-state index < -0.39 is 0 Å². The van der Waals surface area contributed by atoms with Gasteiger partial charge in [-0.25, -0.2) is 0 Å². The molecule has 0 aromatic carbocycles. The van der Waals surface area contributed by atoms with Crippen molar-refractivity contribution >= 4 is 17.9 Å². The molecule has 0 spiro atoms. The molecule has 4 atom stereocenters. The molecule has 0 heterocycles. The molecular formula is C20H24O3. The van der Waals surface area contributed by atoms with Crippen LogP contribution < -0.4 is 0 Å². The van der Waals surface area contributed by atoms with E-state index in [9.17, 15) is 14.4 Å². The van der Waals surface area contributed by atoms with E-state index in [1.807, 2.05) is 6.08 Å². The highest BCUT2D eigenvalue weighted by molar-refractivity contribution is 5.92. The molecule has 2 unspecified atom stereocenters. The number of hydrogen-bond acceptors (Lipinski definition) is 3. The number of aldehydes is 1. The predicted molar refractivity (Wildman–Crippen MR) is 86.7 cm³/mol. The molecule has 0 bridgehead atoms. The van der Waals surface area contributed by atoms with Crippen molar-refractivity contribution in [3.8, 4) is 0 Å². The fourth-order valence-electron chi connectivity index (χ4n) is 5.95. The van der Waals surface area contributed by atoms with Gasteiger partial charge in [0.15, 0.2) is 5.78 Å². The summed E-state index contributed by atoms with van der Waals surface area (Å²) < 4.78 is 0. The molecule has 0 aromatic heterocycles. The molecule has 4 rings (SSSR count). The maximum atomic E-state index is 12.4. The maximum Gasteiger partial charge on any atom is 0.155 e. The van der Waals surface area contributed by atoms with E-state index in [0.29, 0.717) is 36.9 Å². The van der Waals surface area contributed by atoms with E-state index in [2.05, 4.69) is 13.0 Å². The topological polar surface area (TPSA) is 51.2 Å². The van der Waals surface area contributed by atoms with Crippen LogP contribution in [0.5, 0.6) is 0 Å². The second kappa shape index (κ2) is 4.99. The van der Waals surface area contributed by atoms with Crippen molar-refractivity contribution in [2.24, 2.45) is 22.7 Å². The molecule has 0 N–H and O–H groups in total. The van der Waals surface area contributed by atoms with Crippen molar-refractivity contribution in [2.75, 3.05) is 0 Å². The molecule has 0 radical (unpaired) electrons. The molecule has 0 saturated heterocycles. The van der Waals surface area contributed by atoms with E-state index in [0.717, 1.165) is 38.4 Å². The van der Waals surface area contributed by atoms with E-state index in [-0.39, 0.29) is 16.6 Å². The number of allylic oxidation sites excluding steroid dienone is 4. The quantitative estimate of drug-likeness (QED) is 0.578. The van der Waals surface area contributed by atoms with Crippen LogP contribution >= 0.6 is 0 Å². The zero-order chi connectivity index (χ0) is 16.2. The molecule has 3 heteroatoms. The van der Waals surface area contributed by atoms with Gasteiger partial charge in [-0.3, -0.25) is 9.59 Å². The van der Waals surface area contributed by atoms with Gasteiger partial charge >= 0.3 is 0 Å². The summed E-state index contributed by atoms with van der Waals surface area (Å²) in [4.78, 5) is 35.7. The van der Waals surface area contributed by atoms with Crippen LogP contribution in [-0.4, -0.2) is 17.9 Å². The van der Waals surface area contributed by atoms with Crippen LogP contribution in [0.1, 0.15) is 58.3 Å². The Morgan fingerprint density at radius 1 is 1.22 bits per heavy atom. The van der Waals surface area contributed by atoms with E-state index >= 15 is 0 Å². The molecule has 4 aliphatic rings. The summed E-state index contributed by atoms with van der Waals surface area (Å²) in [5.41, 5.74) is 2.15. The first-order valence-corrected chi connectivity index (χ1v) is 8.92. The Bertz CT molecular complexity index is 656. The summed E-state index contributed by atoms with van der Waals surface area (Å²) in [5, 5.41) is 0. The minimum absolute atomic E-state index is 0.192. The van der Waals surface area contributed by atoms with Crippen LogP contribution in [-0.2, 0) is 14.4 Å². The summed E-state index contributed by atoms with van der Waals surface area (Å²) in [6.45, 7) is 2.14. The fraction of sp³-hybridized carbons (Fsp3) is 0.650. The van der Waals surface area contributed by atoms with Crippen molar-refractivity contribution in [1.82, 2.24) is 0 Å². The van der Waals surface area contributed by atoms with Crippen LogP contribution in [0.2, 0.25) is 0 Å². The van der Waals surface area contributed by atoms with Crippen molar-refractivity contribution in [2.45, 2.75) is 58.3 Å². The summed E-state index contributed by atoms with van der Waals surface area (Å²) in [6.07, 6.45) is 11.4. The van der Waals surface area contributed by atoms with E-state index in [1.54, 1.807) is 0 Å². The molecule has 0 aromatic rings. The average Bonchev–Trinajstić information content (AvgIpc) is 2.84. The van der Waals surface area contributed by atoms with Crippen molar-refractivity contribution in [3.63, 3.8) is 0 Å². The van der Waals surface area contributed by atoms with Gasteiger partial charge in [0, 0.05) is 30.1 Å². The Morgan fingerprint density at radius 2 is 2.04 bits per heavy atom. The monoisotopic (exact) mass is 312 g/mol. The normalized spacial score (nSPS) is 42.3. The lowest BCUT2D eigenvalue weighted by molar-refractivity contribution is -0.127. The first-order chi connectivity index (χ1) is 11.0. The largest absolute Gasteiger partial charge is 0.303 e. The smallest absolute Gasteiger partial charge is 0.155 e. The highest BCUT2D eigenvalue weighted by Crippen LogP contribution is 2.63. The fourth-order valence-corrected chi connectivity index (χ4v) is 5.95. The molecule has 2 saturated carbocycles. The van der Waals surface area contributed by atoms with Gasteiger partial charge in [0.05, 0.1) is 0 Å². The van der Waals surface area contributed by atoms with Crippen LogP contribution in [0, 0.1) is 22.7 Å². The maximum absolute atomic E-state index is 12.4. The molecule has 0 aliphatic heterocycles. The van der Waals surface area contributed by atoms with Gasteiger partial charge < -0.3 is 4.79 Å². The second-order valence-corrected chi connectivity index (χ2v) is 8.08. The van der Waals surface area contributed by atoms with Crippen molar-refractivity contribution < 1.29 is 14.4 Å². The molecule has 0 amide bonds. The lowest BCUT2D eigenvalue weighted by Crippen LogP contribution is -2.45. The Kier molecular flexibility index (Phi) is 3.26. The zero-order valence-electron chi connectivity index (χ0n) is 13.8. The third-order valence-corrected chi connectivity index (χ3v) is 7.23. The van der Waals surface area contributed by atoms with Gasteiger partial charge in [-0.15, -0.1) is 0 Å². The lowest BCUT2D eigenvalue weighted by Gasteiger charge is -2.53. The second-order valence-electron chi connectivity index (χ2n) is 8.08.